The molecule has 1 aromatic carbocycles. The summed E-state index contributed by atoms with van der Waals surface area (Å²) >= 11 is 0. The van der Waals surface area contributed by atoms with Crippen LogP contribution in [0.15, 0.2) is 47.6 Å². The molecule has 2 saturated heterocycles. The van der Waals surface area contributed by atoms with Crippen LogP contribution in [0.25, 0.3) is 0 Å². The van der Waals surface area contributed by atoms with Crippen LogP contribution in [-0.4, -0.2) is 61.4 Å². The van der Waals surface area contributed by atoms with Gasteiger partial charge in [0.05, 0.1) is 12.7 Å². The zero-order chi connectivity index (χ0) is 20.8. The number of benzene rings is 1. The topological polar surface area (TPSA) is 68.2 Å². The Morgan fingerprint density at radius 2 is 2.17 bits per heavy atom. The molecule has 8 heteroatoms. The minimum absolute atomic E-state index is 0.0840. The van der Waals surface area contributed by atoms with E-state index in [1.165, 1.54) is 12.1 Å². The fraction of sp³-hybridized carbons (Fsp3) is 0.455. The molecule has 0 saturated carbocycles. The summed E-state index contributed by atoms with van der Waals surface area (Å²) < 4.78 is 30.6. The number of morpholine rings is 1. The highest BCUT2D eigenvalue weighted by Gasteiger charge is 2.32. The third-order valence-electron chi connectivity index (χ3n) is 5.25. The summed E-state index contributed by atoms with van der Waals surface area (Å²) in [4.78, 5) is 10.9. The number of pyridine rings is 1. The maximum absolute atomic E-state index is 13.3. The Morgan fingerprint density at radius 1 is 1.27 bits per heavy atom. The molecule has 0 aliphatic carbocycles. The van der Waals surface area contributed by atoms with Gasteiger partial charge in [0.1, 0.15) is 17.7 Å². The van der Waals surface area contributed by atoms with Crippen LogP contribution in [0.1, 0.15) is 18.4 Å². The maximum Gasteiger partial charge on any atom is 0.219 e. The van der Waals surface area contributed by atoms with E-state index in [1.807, 2.05) is 6.07 Å². The van der Waals surface area contributed by atoms with Gasteiger partial charge in [-0.2, -0.15) is 0 Å². The molecular weight excluding hydrogens is 387 g/mol. The van der Waals surface area contributed by atoms with Gasteiger partial charge < -0.3 is 24.4 Å². The molecule has 30 heavy (non-hydrogen) atoms. The summed E-state index contributed by atoms with van der Waals surface area (Å²) in [6.45, 7) is 3.63. The van der Waals surface area contributed by atoms with Crippen molar-refractivity contribution in [1.29, 1.82) is 0 Å². The van der Waals surface area contributed by atoms with E-state index in [0.717, 1.165) is 44.1 Å². The largest absolute Gasteiger partial charge is 0.439 e. The molecular formula is C22H27FN4O3. The normalized spacial score (nSPS) is 22.2. The summed E-state index contributed by atoms with van der Waals surface area (Å²) in [5.41, 5.74) is 0.992. The first-order valence-electron chi connectivity index (χ1n) is 10.3. The average molecular weight is 414 g/mol. The lowest BCUT2D eigenvalue weighted by molar-refractivity contribution is -0.0817. The standard InChI is InChI=1S/C22H27FN4O3/c1-24-22(27-9-11-29-20(15-27)19-6-3-10-28-19)26-14-16-7-8-21(25-13-16)30-18-5-2-4-17(23)12-18/h2,4-5,7-8,12-13,19-20H,3,6,9-11,14-15H2,1H3,(H,24,26). The predicted molar refractivity (Wildman–Crippen MR) is 111 cm³/mol. The number of hydrogen-bond acceptors (Lipinski definition) is 5. The maximum atomic E-state index is 13.3. The molecule has 2 aliphatic rings. The summed E-state index contributed by atoms with van der Waals surface area (Å²) in [5.74, 6) is 1.33. The third kappa shape index (κ3) is 5.25. The predicted octanol–water partition coefficient (Wildman–Crippen LogP) is 2.97. The van der Waals surface area contributed by atoms with Crippen molar-refractivity contribution in [2.24, 2.45) is 4.99 Å². The Morgan fingerprint density at radius 3 is 2.90 bits per heavy atom. The molecule has 3 heterocycles. The van der Waals surface area contributed by atoms with E-state index >= 15 is 0 Å². The first kappa shape index (κ1) is 20.6. The number of hydrogen-bond donors (Lipinski definition) is 1. The Labute approximate surface area is 175 Å². The number of nitrogens with zero attached hydrogens (tertiary/aromatic N) is 3. The van der Waals surface area contributed by atoms with Gasteiger partial charge in [-0.25, -0.2) is 9.37 Å². The van der Waals surface area contributed by atoms with E-state index in [2.05, 4.69) is 20.2 Å². The molecule has 0 amide bonds. The lowest BCUT2D eigenvalue weighted by Gasteiger charge is -2.37. The van der Waals surface area contributed by atoms with Gasteiger partial charge in [-0.05, 0) is 30.5 Å². The lowest BCUT2D eigenvalue weighted by Crippen LogP contribution is -2.53. The average Bonchev–Trinajstić information content (AvgIpc) is 3.31. The van der Waals surface area contributed by atoms with Gasteiger partial charge in [-0.1, -0.05) is 12.1 Å². The van der Waals surface area contributed by atoms with Crippen molar-refractivity contribution >= 4 is 5.96 Å². The van der Waals surface area contributed by atoms with E-state index < -0.39 is 0 Å². The van der Waals surface area contributed by atoms with Gasteiger partial charge in [0, 0.05) is 51.6 Å². The van der Waals surface area contributed by atoms with Crippen molar-refractivity contribution in [3.05, 3.63) is 54.0 Å². The summed E-state index contributed by atoms with van der Waals surface area (Å²) in [7, 11) is 1.78. The van der Waals surface area contributed by atoms with Gasteiger partial charge in [-0.3, -0.25) is 4.99 Å². The second-order valence-corrected chi connectivity index (χ2v) is 7.37. The Kier molecular flexibility index (Phi) is 6.76. The van der Waals surface area contributed by atoms with Crippen molar-refractivity contribution in [3.8, 4) is 11.6 Å². The number of ether oxygens (including phenoxy) is 3. The Balaban J connectivity index is 1.30. The van der Waals surface area contributed by atoms with Crippen LogP contribution in [0.3, 0.4) is 0 Å². The lowest BCUT2D eigenvalue weighted by atomic mass is 10.1. The zero-order valence-electron chi connectivity index (χ0n) is 17.1. The number of aromatic nitrogens is 1. The zero-order valence-corrected chi connectivity index (χ0v) is 17.1. The molecule has 0 bridgehead atoms. The molecule has 160 valence electrons. The van der Waals surface area contributed by atoms with E-state index in [9.17, 15) is 4.39 Å². The molecule has 0 spiro atoms. The quantitative estimate of drug-likeness (QED) is 0.599. The highest BCUT2D eigenvalue weighted by molar-refractivity contribution is 5.80. The summed E-state index contributed by atoms with van der Waals surface area (Å²) in [5, 5.41) is 3.39. The van der Waals surface area contributed by atoms with Crippen LogP contribution >= 0.6 is 0 Å². The molecule has 2 aliphatic heterocycles. The Bertz CT molecular complexity index is 856. The third-order valence-corrected chi connectivity index (χ3v) is 5.25. The molecule has 7 nitrogen and oxygen atoms in total. The monoisotopic (exact) mass is 414 g/mol. The molecule has 2 fully saturated rings. The van der Waals surface area contributed by atoms with Crippen LogP contribution in [-0.2, 0) is 16.0 Å². The molecule has 2 unspecified atom stereocenters. The number of aliphatic imine (C=N–C) groups is 1. The number of guanidine groups is 1. The number of nitrogens with one attached hydrogen (secondary N) is 1. The fourth-order valence-electron chi connectivity index (χ4n) is 3.73. The smallest absolute Gasteiger partial charge is 0.219 e. The van der Waals surface area contributed by atoms with Crippen molar-refractivity contribution in [3.63, 3.8) is 0 Å². The molecule has 4 rings (SSSR count). The minimum atomic E-state index is -0.343. The summed E-state index contributed by atoms with van der Waals surface area (Å²) in [6, 6.07) is 9.69. The van der Waals surface area contributed by atoms with Gasteiger partial charge in [0.2, 0.25) is 5.88 Å². The molecule has 1 aromatic heterocycles. The molecule has 1 N–H and O–H groups in total. The van der Waals surface area contributed by atoms with E-state index in [-0.39, 0.29) is 18.0 Å². The van der Waals surface area contributed by atoms with Gasteiger partial charge in [-0.15, -0.1) is 0 Å². The van der Waals surface area contributed by atoms with Crippen molar-refractivity contribution in [1.82, 2.24) is 15.2 Å². The minimum Gasteiger partial charge on any atom is -0.439 e. The van der Waals surface area contributed by atoms with Gasteiger partial charge in [0.25, 0.3) is 0 Å². The van der Waals surface area contributed by atoms with Crippen molar-refractivity contribution in [2.45, 2.75) is 31.6 Å². The van der Waals surface area contributed by atoms with E-state index in [4.69, 9.17) is 14.2 Å². The second-order valence-electron chi connectivity index (χ2n) is 7.37. The SMILES string of the molecule is CN=C(NCc1ccc(Oc2cccc(F)c2)nc1)N1CCOC(C2CCCO2)C1. The molecule has 2 aromatic rings. The highest BCUT2D eigenvalue weighted by Crippen LogP contribution is 2.22. The van der Waals surface area contributed by atoms with Crippen molar-refractivity contribution < 1.29 is 18.6 Å². The van der Waals surface area contributed by atoms with Gasteiger partial charge >= 0.3 is 0 Å². The van der Waals surface area contributed by atoms with Gasteiger partial charge in [0.15, 0.2) is 5.96 Å². The van der Waals surface area contributed by atoms with Crippen LogP contribution in [0.4, 0.5) is 4.39 Å². The number of halogens is 1. The second kappa shape index (κ2) is 9.86. The number of rotatable bonds is 5. The van der Waals surface area contributed by atoms with E-state index in [0.29, 0.717) is 24.8 Å². The fourth-order valence-corrected chi connectivity index (χ4v) is 3.73. The first-order chi connectivity index (χ1) is 14.7. The van der Waals surface area contributed by atoms with Crippen LogP contribution in [0.2, 0.25) is 0 Å². The highest BCUT2D eigenvalue weighted by atomic mass is 19.1. The van der Waals surface area contributed by atoms with E-state index in [1.54, 1.807) is 31.4 Å². The van der Waals surface area contributed by atoms with Crippen LogP contribution in [0, 0.1) is 5.82 Å². The summed E-state index contributed by atoms with van der Waals surface area (Å²) in [6.07, 6.45) is 4.16. The van der Waals surface area contributed by atoms with Crippen molar-refractivity contribution in [2.75, 3.05) is 33.4 Å². The first-order valence-corrected chi connectivity index (χ1v) is 10.3. The molecule has 0 radical (unpaired) electrons. The van der Waals surface area contributed by atoms with Crippen LogP contribution in [0.5, 0.6) is 11.6 Å². The Hall–Kier alpha value is -2.71. The van der Waals surface area contributed by atoms with Crippen LogP contribution < -0.4 is 10.1 Å². The molecule has 2 atom stereocenters.